The summed E-state index contributed by atoms with van der Waals surface area (Å²) < 4.78 is 12.1. The van der Waals surface area contributed by atoms with Crippen molar-refractivity contribution in [2.75, 3.05) is 25.9 Å². The Bertz CT molecular complexity index is 498. The lowest BCUT2D eigenvalue weighted by atomic mass is 9.95. The Morgan fingerprint density at radius 3 is 2.44 bits per heavy atom. The van der Waals surface area contributed by atoms with Crippen molar-refractivity contribution < 1.29 is 9.00 Å². The summed E-state index contributed by atoms with van der Waals surface area (Å²) in [4.78, 5) is 16.2. The zero-order valence-corrected chi connectivity index (χ0v) is 19.9. The van der Waals surface area contributed by atoms with E-state index in [2.05, 4.69) is 20.9 Å². The Kier molecular flexibility index (Phi) is 12.5. The monoisotopic (exact) mass is 512 g/mol. The van der Waals surface area contributed by atoms with Gasteiger partial charge in [0.15, 0.2) is 5.96 Å². The third kappa shape index (κ3) is 9.11. The van der Waals surface area contributed by atoms with Crippen molar-refractivity contribution in [2.24, 2.45) is 10.9 Å². The minimum atomic E-state index is -0.713. The summed E-state index contributed by atoms with van der Waals surface area (Å²) in [5, 5.41) is 10.0. The smallest absolute Gasteiger partial charge is 0.220 e. The molecule has 2 saturated carbocycles. The molecule has 2 rings (SSSR count). The van der Waals surface area contributed by atoms with Gasteiger partial charge in [0.05, 0.1) is 0 Å². The second-order valence-corrected chi connectivity index (χ2v) is 9.51. The lowest BCUT2D eigenvalue weighted by Crippen LogP contribution is -2.48. The quantitative estimate of drug-likeness (QED) is 0.202. The van der Waals surface area contributed by atoms with Crippen molar-refractivity contribution in [3.8, 4) is 0 Å². The van der Waals surface area contributed by atoms with Crippen molar-refractivity contribution >= 4 is 46.6 Å². The number of hydrogen-bond acceptors (Lipinski definition) is 3. The van der Waals surface area contributed by atoms with Gasteiger partial charge < -0.3 is 16.0 Å². The number of carbonyl (C=O) groups is 1. The maximum atomic E-state index is 12.1. The highest BCUT2D eigenvalue weighted by atomic mass is 127. The normalized spacial score (nSPS) is 24.7. The van der Waals surface area contributed by atoms with E-state index in [1.807, 2.05) is 6.92 Å². The van der Waals surface area contributed by atoms with Gasteiger partial charge in [-0.1, -0.05) is 26.2 Å². The molecule has 0 aromatic heterocycles. The van der Waals surface area contributed by atoms with Crippen LogP contribution in [0.3, 0.4) is 0 Å². The molecule has 0 saturated heterocycles. The van der Waals surface area contributed by atoms with E-state index in [0.717, 1.165) is 37.4 Å². The van der Waals surface area contributed by atoms with E-state index in [4.69, 9.17) is 0 Å². The lowest BCUT2D eigenvalue weighted by molar-refractivity contribution is -0.121. The predicted octanol–water partition coefficient (Wildman–Crippen LogP) is 2.55. The molecule has 6 nitrogen and oxygen atoms in total. The van der Waals surface area contributed by atoms with E-state index < -0.39 is 10.8 Å². The fourth-order valence-electron chi connectivity index (χ4n) is 4.07. The lowest BCUT2D eigenvalue weighted by Gasteiger charge is -2.30. The van der Waals surface area contributed by atoms with Gasteiger partial charge in [0, 0.05) is 54.4 Å². The highest BCUT2D eigenvalue weighted by Crippen LogP contribution is 2.27. The van der Waals surface area contributed by atoms with E-state index in [-0.39, 0.29) is 29.9 Å². The van der Waals surface area contributed by atoms with Crippen LogP contribution >= 0.6 is 24.0 Å². The van der Waals surface area contributed by atoms with Crippen molar-refractivity contribution in [1.82, 2.24) is 16.0 Å². The topological polar surface area (TPSA) is 82.6 Å². The number of rotatable bonds is 8. The molecule has 0 aromatic carbocycles. The molecule has 1 amide bonds. The predicted molar refractivity (Wildman–Crippen MR) is 124 cm³/mol. The van der Waals surface area contributed by atoms with Crippen LogP contribution in [0.25, 0.3) is 0 Å². The second kappa shape index (κ2) is 13.7. The molecule has 2 aliphatic carbocycles. The number of amides is 1. The Morgan fingerprint density at radius 2 is 1.78 bits per heavy atom. The van der Waals surface area contributed by atoms with Crippen LogP contribution in [-0.4, -0.2) is 53.3 Å². The van der Waals surface area contributed by atoms with Gasteiger partial charge in [0.25, 0.3) is 0 Å². The average molecular weight is 513 g/mol. The van der Waals surface area contributed by atoms with Crippen LogP contribution < -0.4 is 16.0 Å². The summed E-state index contributed by atoms with van der Waals surface area (Å²) >= 11 is 0. The molecule has 0 spiro atoms. The molecule has 3 N–H and O–H groups in total. The summed E-state index contributed by atoms with van der Waals surface area (Å²) in [7, 11) is 1.05. The standard InChI is InChI=1S/C19H36N4O2S.HI/c1-3-26(25)17-10-6-9-16(14-17)23-19(20-2)22-12-11-21-18(24)13-15-7-4-5-8-15;/h15-17H,3-14H2,1-2H3,(H,21,24)(H2,20,22,23);1H. The first-order valence-electron chi connectivity index (χ1n) is 10.2. The van der Waals surface area contributed by atoms with Crippen LogP contribution in [0, 0.1) is 5.92 Å². The number of aliphatic imine (C=N–C) groups is 1. The summed E-state index contributed by atoms with van der Waals surface area (Å²) in [5.41, 5.74) is 0. The van der Waals surface area contributed by atoms with Gasteiger partial charge in [-0.25, -0.2) is 0 Å². The first kappa shape index (κ1) is 24.7. The third-order valence-corrected chi connectivity index (χ3v) is 7.28. The van der Waals surface area contributed by atoms with E-state index in [0.29, 0.717) is 36.7 Å². The minimum absolute atomic E-state index is 0. The molecule has 0 bridgehead atoms. The summed E-state index contributed by atoms with van der Waals surface area (Å²) in [6.45, 7) is 3.27. The molecule has 158 valence electrons. The largest absolute Gasteiger partial charge is 0.355 e. The van der Waals surface area contributed by atoms with E-state index in [1.165, 1.54) is 25.7 Å². The Labute approximate surface area is 184 Å². The molecule has 0 aromatic rings. The molecule has 3 unspecified atom stereocenters. The molecule has 8 heteroatoms. The van der Waals surface area contributed by atoms with Crippen LogP contribution in [0.15, 0.2) is 4.99 Å². The van der Waals surface area contributed by atoms with Crippen LogP contribution in [0.4, 0.5) is 0 Å². The number of nitrogens with zero attached hydrogens (tertiary/aromatic N) is 1. The SMILES string of the molecule is CCS(=O)C1CCCC(NC(=NC)NCCNC(=O)CC2CCCC2)C1.I. The van der Waals surface area contributed by atoms with Crippen molar-refractivity contribution in [2.45, 2.75) is 76.0 Å². The van der Waals surface area contributed by atoms with Crippen LogP contribution in [0.1, 0.15) is 64.7 Å². The molecule has 0 heterocycles. The highest BCUT2D eigenvalue weighted by Gasteiger charge is 2.26. The van der Waals surface area contributed by atoms with Crippen LogP contribution in [0.5, 0.6) is 0 Å². The Morgan fingerprint density at radius 1 is 1.07 bits per heavy atom. The van der Waals surface area contributed by atoms with Gasteiger partial charge in [-0.3, -0.25) is 14.0 Å². The first-order chi connectivity index (χ1) is 12.6. The number of halogens is 1. The van der Waals surface area contributed by atoms with Crippen molar-refractivity contribution in [3.63, 3.8) is 0 Å². The zero-order chi connectivity index (χ0) is 18.8. The molecule has 0 aliphatic heterocycles. The van der Waals surface area contributed by atoms with Gasteiger partial charge >= 0.3 is 0 Å². The zero-order valence-electron chi connectivity index (χ0n) is 16.8. The van der Waals surface area contributed by atoms with E-state index in [1.54, 1.807) is 7.05 Å². The Balaban J connectivity index is 0.00000364. The van der Waals surface area contributed by atoms with Gasteiger partial charge in [-0.05, 0) is 38.0 Å². The van der Waals surface area contributed by atoms with Crippen molar-refractivity contribution in [3.05, 3.63) is 0 Å². The van der Waals surface area contributed by atoms with E-state index in [9.17, 15) is 9.00 Å². The highest BCUT2D eigenvalue weighted by molar-refractivity contribution is 14.0. The van der Waals surface area contributed by atoms with Gasteiger partial charge in [-0.2, -0.15) is 0 Å². The number of nitrogens with one attached hydrogen (secondary N) is 3. The van der Waals surface area contributed by atoms with Crippen LogP contribution in [0.2, 0.25) is 0 Å². The number of carbonyl (C=O) groups excluding carboxylic acids is 1. The summed E-state index contributed by atoms with van der Waals surface area (Å²) in [5.74, 6) is 2.26. The fourth-order valence-corrected chi connectivity index (χ4v) is 5.42. The first-order valence-corrected chi connectivity index (χ1v) is 11.6. The van der Waals surface area contributed by atoms with Crippen LogP contribution in [-0.2, 0) is 15.6 Å². The van der Waals surface area contributed by atoms with Crippen molar-refractivity contribution in [1.29, 1.82) is 0 Å². The molecule has 2 fully saturated rings. The second-order valence-electron chi connectivity index (χ2n) is 7.50. The fraction of sp³-hybridized carbons (Fsp3) is 0.895. The number of hydrogen-bond donors (Lipinski definition) is 3. The molecule has 2 aliphatic rings. The molecule has 0 radical (unpaired) electrons. The maximum Gasteiger partial charge on any atom is 0.220 e. The van der Waals surface area contributed by atoms with Gasteiger partial charge in [0.2, 0.25) is 5.91 Å². The Hall–Kier alpha value is -0.380. The summed E-state index contributed by atoms with van der Waals surface area (Å²) in [6.07, 6.45) is 9.84. The molecular weight excluding hydrogens is 475 g/mol. The maximum absolute atomic E-state index is 12.1. The molecule has 27 heavy (non-hydrogen) atoms. The minimum Gasteiger partial charge on any atom is -0.355 e. The third-order valence-electron chi connectivity index (χ3n) is 5.54. The molecular formula is C19H37IN4O2S. The van der Waals surface area contributed by atoms with Gasteiger partial charge in [-0.15, -0.1) is 24.0 Å². The average Bonchev–Trinajstić information content (AvgIpc) is 3.16. The van der Waals surface area contributed by atoms with Gasteiger partial charge in [0.1, 0.15) is 0 Å². The molecule has 3 atom stereocenters. The number of guanidine groups is 1. The van der Waals surface area contributed by atoms with E-state index >= 15 is 0 Å². The summed E-state index contributed by atoms with van der Waals surface area (Å²) in [6, 6.07) is 0.326.